The molecular weight excluding hydrogens is 316 g/mol. The fourth-order valence-electron chi connectivity index (χ4n) is 3.52. The van der Waals surface area contributed by atoms with Crippen LogP contribution >= 0.6 is 0 Å². The monoisotopic (exact) mass is 346 g/mol. The molecule has 1 saturated heterocycles. The van der Waals surface area contributed by atoms with E-state index in [1.807, 2.05) is 13.0 Å². The number of rotatable bonds is 7. The van der Waals surface area contributed by atoms with E-state index in [9.17, 15) is 4.79 Å². The minimum absolute atomic E-state index is 0.0419. The third-order valence-electron chi connectivity index (χ3n) is 5.06. The number of amides is 1. The lowest BCUT2D eigenvalue weighted by molar-refractivity contribution is -0.127. The fraction of sp³-hybridized carbons (Fsp3) is 0.650. The van der Waals surface area contributed by atoms with Crippen LogP contribution in [0.1, 0.15) is 37.3 Å². The molecule has 3 rings (SSSR count). The number of nitrogens with one attached hydrogen (secondary N) is 1. The van der Waals surface area contributed by atoms with E-state index in [1.165, 1.54) is 24.0 Å². The lowest BCUT2D eigenvalue weighted by atomic mass is 9.92. The molecule has 138 valence electrons. The number of carbonyl (C=O) groups excluding carboxylic acids is 1. The van der Waals surface area contributed by atoms with Gasteiger partial charge in [-0.3, -0.25) is 9.69 Å². The Bertz CT molecular complexity index is 570. The van der Waals surface area contributed by atoms with Crippen molar-refractivity contribution in [1.82, 2.24) is 10.2 Å². The number of hydrogen-bond acceptors (Lipinski definition) is 4. The van der Waals surface area contributed by atoms with E-state index in [0.29, 0.717) is 6.54 Å². The molecule has 1 fully saturated rings. The zero-order chi connectivity index (χ0) is 17.5. The largest absolute Gasteiger partial charge is 0.481 e. The second-order valence-electron chi connectivity index (χ2n) is 7.00. The Morgan fingerprint density at radius 1 is 1.24 bits per heavy atom. The summed E-state index contributed by atoms with van der Waals surface area (Å²) in [5.74, 6) is 0.760. The quantitative estimate of drug-likeness (QED) is 0.769. The third kappa shape index (κ3) is 5.44. The number of carbonyl (C=O) groups is 1. The van der Waals surface area contributed by atoms with Crippen molar-refractivity contribution < 1.29 is 14.3 Å². The highest BCUT2D eigenvalue weighted by Crippen LogP contribution is 2.25. The molecule has 1 aliphatic heterocycles. The summed E-state index contributed by atoms with van der Waals surface area (Å²) in [6.45, 7) is 7.13. The summed E-state index contributed by atoms with van der Waals surface area (Å²) in [5.41, 5.74) is 2.81. The highest BCUT2D eigenvalue weighted by molar-refractivity contribution is 5.80. The number of benzene rings is 1. The number of nitrogens with zero attached hydrogens (tertiary/aromatic N) is 1. The lowest BCUT2D eigenvalue weighted by Crippen LogP contribution is -2.40. The SMILES string of the molecule is C[C@H](Oc1ccc2c(c1)CCCC2)C(=O)NCCCN1CCOCC1. The Balaban J connectivity index is 1.38. The van der Waals surface area contributed by atoms with E-state index >= 15 is 0 Å². The number of morpholine rings is 1. The fourth-order valence-corrected chi connectivity index (χ4v) is 3.52. The summed E-state index contributed by atoms with van der Waals surface area (Å²) in [6.07, 6.45) is 5.29. The van der Waals surface area contributed by atoms with Crippen molar-refractivity contribution in [2.75, 3.05) is 39.4 Å². The van der Waals surface area contributed by atoms with Gasteiger partial charge in [0.15, 0.2) is 6.10 Å². The van der Waals surface area contributed by atoms with Crippen LogP contribution in [0.5, 0.6) is 5.75 Å². The van der Waals surface area contributed by atoms with E-state index < -0.39 is 6.10 Å². The predicted molar refractivity (Wildman–Crippen MR) is 98.1 cm³/mol. The minimum Gasteiger partial charge on any atom is -0.481 e. The van der Waals surface area contributed by atoms with E-state index in [0.717, 1.165) is 57.9 Å². The van der Waals surface area contributed by atoms with Crippen molar-refractivity contribution in [3.8, 4) is 5.75 Å². The molecule has 5 heteroatoms. The maximum absolute atomic E-state index is 12.2. The minimum atomic E-state index is -0.468. The van der Waals surface area contributed by atoms with Gasteiger partial charge in [0.1, 0.15) is 5.75 Å². The molecule has 1 heterocycles. The molecule has 5 nitrogen and oxygen atoms in total. The molecule has 0 radical (unpaired) electrons. The van der Waals surface area contributed by atoms with Gasteiger partial charge in [0.2, 0.25) is 0 Å². The molecule has 0 aromatic heterocycles. The summed E-state index contributed by atoms with van der Waals surface area (Å²) in [6, 6.07) is 6.25. The summed E-state index contributed by atoms with van der Waals surface area (Å²) < 4.78 is 11.2. The van der Waals surface area contributed by atoms with Gasteiger partial charge < -0.3 is 14.8 Å². The third-order valence-corrected chi connectivity index (χ3v) is 5.06. The van der Waals surface area contributed by atoms with Gasteiger partial charge >= 0.3 is 0 Å². The normalized spacial score (nSPS) is 19.1. The zero-order valence-corrected chi connectivity index (χ0v) is 15.3. The van der Waals surface area contributed by atoms with Gasteiger partial charge in [-0.05, 0) is 68.8 Å². The molecule has 0 saturated carbocycles. The maximum Gasteiger partial charge on any atom is 0.260 e. The van der Waals surface area contributed by atoms with Gasteiger partial charge in [0.25, 0.3) is 5.91 Å². The van der Waals surface area contributed by atoms with Crippen LogP contribution in [0.4, 0.5) is 0 Å². The first-order valence-corrected chi connectivity index (χ1v) is 9.58. The van der Waals surface area contributed by atoms with Crippen LogP contribution in [0.25, 0.3) is 0 Å². The summed E-state index contributed by atoms with van der Waals surface area (Å²) >= 11 is 0. The van der Waals surface area contributed by atoms with Crippen molar-refractivity contribution in [2.24, 2.45) is 0 Å². The maximum atomic E-state index is 12.2. The van der Waals surface area contributed by atoms with Crippen LogP contribution in [-0.2, 0) is 22.4 Å². The van der Waals surface area contributed by atoms with Crippen LogP contribution in [0.15, 0.2) is 18.2 Å². The van der Waals surface area contributed by atoms with E-state index in [1.54, 1.807) is 0 Å². The van der Waals surface area contributed by atoms with Crippen LogP contribution in [0, 0.1) is 0 Å². The molecule has 1 atom stereocenters. The van der Waals surface area contributed by atoms with E-state index in [4.69, 9.17) is 9.47 Å². The molecule has 25 heavy (non-hydrogen) atoms. The van der Waals surface area contributed by atoms with Crippen molar-refractivity contribution in [2.45, 2.75) is 45.1 Å². The summed E-state index contributed by atoms with van der Waals surface area (Å²) in [4.78, 5) is 14.6. The average molecular weight is 346 g/mol. The Labute approximate surface area is 150 Å². The standard InChI is InChI=1S/C20H30N2O3/c1-16(20(23)21-9-4-10-22-11-13-24-14-12-22)25-19-8-7-17-5-2-3-6-18(17)15-19/h7-8,15-16H,2-6,9-14H2,1H3,(H,21,23)/t16-/m0/s1. The van der Waals surface area contributed by atoms with Crippen LogP contribution in [-0.4, -0.2) is 56.3 Å². The van der Waals surface area contributed by atoms with Crippen LogP contribution in [0.3, 0.4) is 0 Å². The van der Waals surface area contributed by atoms with Gasteiger partial charge in [-0.25, -0.2) is 0 Å². The Morgan fingerprint density at radius 2 is 2.00 bits per heavy atom. The van der Waals surface area contributed by atoms with E-state index in [2.05, 4.69) is 22.3 Å². The van der Waals surface area contributed by atoms with Crippen molar-refractivity contribution >= 4 is 5.91 Å². The van der Waals surface area contributed by atoms with Crippen molar-refractivity contribution in [3.63, 3.8) is 0 Å². The van der Waals surface area contributed by atoms with Crippen molar-refractivity contribution in [1.29, 1.82) is 0 Å². The van der Waals surface area contributed by atoms with Crippen molar-refractivity contribution in [3.05, 3.63) is 29.3 Å². The first-order valence-electron chi connectivity index (χ1n) is 9.58. The second kappa shape index (κ2) is 9.20. The molecule has 1 aromatic carbocycles. The molecule has 0 spiro atoms. The topological polar surface area (TPSA) is 50.8 Å². The molecule has 0 unspecified atom stereocenters. The number of hydrogen-bond donors (Lipinski definition) is 1. The Hall–Kier alpha value is -1.59. The Kier molecular flexibility index (Phi) is 6.70. The molecule has 1 amide bonds. The van der Waals surface area contributed by atoms with Gasteiger partial charge in [-0.2, -0.15) is 0 Å². The number of fused-ring (bicyclic) bond motifs is 1. The number of ether oxygens (including phenoxy) is 2. The van der Waals surface area contributed by atoms with Gasteiger partial charge in [0.05, 0.1) is 13.2 Å². The van der Waals surface area contributed by atoms with Crippen LogP contribution < -0.4 is 10.1 Å². The highest BCUT2D eigenvalue weighted by Gasteiger charge is 2.16. The smallest absolute Gasteiger partial charge is 0.260 e. The zero-order valence-electron chi connectivity index (χ0n) is 15.3. The van der Waals surface area contributed by atoms with Gasteiger partial charge in [-0.15, -0.1) is 0 Å². The molecule has 2 aliphatic rings. The number of aryl methyl sites for hydroxylation is 2. The molecule has 1 N–H and O–H groups in total. The molecule has 1 aromatic rings. The Morgan fingerprint density at radius 3 is 2.80 bits per heavy atom. The molecule has 1 aliphatic carbocycles. The summed E-state index contributed by atoms with van der Waals surface area (Å²) in [7, 11) is 0. The van der Waals surface area contributed by atoms with E-state index in [-0.39, 0.29) is 5.91 Å². The second-order valence-corrected chi connectivity index (χ2v) is 7.00. The van der Waals surface area contributed by atoms with Gasteiger partial charge in [0, 0.05) is 19.6 Å². The predicted octanol–water partition coefficient (Wildman–Crippen LogP) is 2.17. The first-order chi connectivity index (χ1) is 12.2. The molecule has 0 bridgehead atoms. The average Bonchev–Trinajstić information content (AvgIpc) is 2.65. The highest BCUT2D eigenvalue weighted by atomic mass is 16.5. The lowest BCUT2D eigenvalue weighted by Gasteiger charge is -2.26. The van der Waals surface area contributed by atoms with Gasteiger partial charge in [-0.1, -0.05) is 6.07 Å². The molecular formula is C20H30N2O3. The first kappa shape index (κ1) is 18.2. The summed E-state index contributed by atoms with van der Waals surface area (Å²) in [5, 5.41) is 2.98. The van der Waals surface area contributed by atoms with Crippen LogP contribution in [0.2, 0.25) is 0 Å².